The van der Waals surface area contributed by atoms with Crippen molar-refractivity contribution in [1.29, 1.82) is 0 Å². The molecule has 0 bridgehead atoms. The van der Waals surface area contributed by atoms with Crippen LogP contribution in [0.4, 0.5) is 0 Å². The van der Waals surface area contributed by atoms with Crippen molar-refractivity contribution >= 4 is 15.6 Å². The van der Waals surface area contributed by atoms with E-state index in [0.29, 0.717) is 12.8 Å². The third-order valence-corrected chi connectivity index (χ3v) is 4.14. The van der Waals surface area contributed by atoms with Gasteiger partial charge in [0.1, 0.15) is 15.6 Å². The van der Waals surface area contributed by atoms with Crippen LogP contribution in [0.25, 0.3) is 0 Å². The second-order valence-electron chi connectivity index (χ2n) is 3.58. The molecule has 0 heterocycles. The van der Waals surface area contributed by atoms with Crippen LogP contribution in [0.1, 0.15) is 32.6 Å². The summed E-state index contributed by atoms with van der Waals surface area (Å²) in [6, 6.07) is 0. The highest BCUT2D eigenvalue weighted by molar-refractivity contribution is 7.91. The zero-order valence-electron chi connectivity index (χ0n) is 7.95. The molecule has 13 heavy (non-hydrogen) atoms. The van der Waals surface area contributed by atoms with E-state index in [-0.39, 0.29) is 23.2 Å². The van der Waals surface area contributed by atoms with Crippen LogP contribution in [-0.2, 0) is 14.6 Å². The maximum Gasteiger partial charge on any atom is 0.150 e. The lowest BCUT2D eigenvalue weighted by atomic mass is 10.2. The lowest BCUT2D eigenvalue weighted by Crippen LogP contribution is -2.10. The second kappa shape index (κ2) is 4.22. The summed E-state index contributed by atoms with van der Waals surface area (Å²) in [4.78, 5) is 11.2. The highest BCUT2D eigenvalue weighted by Gasteiger charge is 2.28. The molecular weight excluding hydrogens is 188 g/mol. The topological polar surface area (TPSA) is 51.2 Å². The summed E-state index contributed by atoms with van der Waals surface area (Å²) in [6.45, 7) is 1.64. The first-order chi connectivity index (χ1) is 6.05. The Labute approximate surface area is 79.4 Å². The molecule has 0 unspecified atom stereocenters. The summed E-state index contributed by atoms with van der Waals surface area (Å²) < 4.78 is 22.1. The number of carbonyl (C=O) groups is 1. The first-order valence-corrected chi connectivity index (χ1v) is 6.60. The number of hydrogen-bond acceptors (Lipinski definition) is 3. The third kappa shape index (κ3) is 3.89. The normalized spacial score (nSPS) is 17.3. The van der Waals surface area contributed by atoms with Gasteiger partial charge in [-0.3, -0.25) is 4.79 Å². The Morgan fingerprint density at radius 1 is 1.38 bits per heavy atom. The number of sulfone groups is 1. The standard InChI is InChI=1S/C9H16O3S/c1-2-13(11,12)7-3-4-9(10)8-5-6-8/h8H,2-7H2,1H3. The van der Waals surface area contributed by atoms with Crippen LogP contribution < -0.4 is 0 Å². The summed E-state index contributed by atoms with van der Waals surface area (Å²) in [5.41, 5.74) is 0. The fourth-order valence-electron chi connectivity index (χ4n) is 1.22. The van der Waals surface area contributed by atoms with Crippen molar-refractivity contribution in [1.82, 2.24) is 0 Å². The van der Waals surface area contributed by atoms with Crippen LogP contribution in [0.5, 0.6) is 0 Å². The largest absolute Gasteiger partial charge is 0.299 e. The fraction of sp³-hybridized carbons (Fsp3) is 0.889. The van der Waals surface area contributed by atoms with Crippen molar-refractivity contribution in [3.8, 4) is 0 Å². The highest BCUT2D eigenvalue weighted by atomic mass is 32.2. The second-order valence-corrected chi connectivity index (χ2v) is 6.05. The van der Waals surface area contributed by atoms with Gasteiger partial charge in [-0.05, 0) is 19.3 Å². The van der Waals surface area contributed by atoms with E-state index >= 15 is 0 Å². The Kier molecular flexibility index (Phi) is 3.47. The minimum atomic E-state index is -2.87. The van der Waals surface area contributed by atoms with Crippen LogP contribution in [0.15, 0.2) is 0 Å². The van der Waals surface area contributed by atoms with Gasteiger partial charge in [-0.2, -0.15) is 0 Å². The molecular formula is C9H16O3S. The summed E-state index contributed by atoms with van der Waals surface area (Å²) in [6.07, 6.45) is 2.98. The summed E-state index contributed by atoms with van der Waals surface area (Å²) in [5.74, 6) is 0.877. The molecule has 0 saturated heterocycles. The van der Waals surface area contributed by atoms with Gasteiger partial charge in [-0.15, -0.1) is 0 Å². The van der Waals surface area contributed by atoms with E-state index in [1.165, 1.54) is 0 Å². The molecule has 0 atom stereocenters. The molecule has 4 heteroatoms. The Morgan fingerprint density at radius 2 is 2.00 bits per heavy atom. The Hall–Kier alpha value is -0.380. The Balaban J connectivity index is 2.16. The molecule has 1 fully saturated rings. The van der Waals surface area contributed by atoms with Crippen LogP contribution in [-0.4, -0.2) is 25.7 Å². The number of rotatable bonds is 6. The molecule has 1 aliphatic rings. The van der Waals surface area contributed by atoms with Gasteiger partial charge in [0, 0.05) is 18.1 Å². The van der Waals surface area contributed by atoms with Gasteiger partial charge in [0.25, 0.3) is 0 Å². The van der Waals surface area contributed by atoms with Crippen molar-refractivity contribution in [3.63, 3.8) is 0 Å². The molecule has 0 radical (unpaired) electrons. The van der Waals surface area contributed by atoms with Gasteiger partial charge in [0.2, 0.25) is 0 Å². The van der Waals surface area contributed by atoms with Crippen LogP contribution in [0.3, 0.4) is 0 Å². The predicted octanol–water partition coefficient (Wildman–Crippen LogP) is 1.18. The molecule has 3 nitrogen and oxygen atoms in total. The van der Waals surface area contributed by atoms with Crippen molar-refractivity contribution in [2.45, 2.75) is 32.6 Å². The van der Waals surface area contributed by atoms with E-state index < -0.39 is 9.84 Å². The lowest BCUT2D eigenvalue weighted by molar-refractivity contribution is -0.120. The zero-order valence-corrected chi connectivity index (χ0v) is 8.77. The summed E-state index contributed by atoms with van der Waals surface area (Å²) >= 11 is 0. The average Bonchev–Trinajstić information content (AvgIpc) is 2.86. The minimum Gasteiger partial charge on any atom is -0.299 e. The maximum absolute atomic E-state index is 11.2. The molecule has 0 aromatic carbocycles. The lowest BCUT2D eigenvalue weighted by Gasteiger charge is -1.99. The Morgan fingerprint density at radius 3 is 2.46 bits per heavy atom. The molecule has 1 saturated carbocycles. The van der Waals surface area contributed by atoms with Crippen LogP contribution in [0, 0.1) is 5.92 Å². The monoisotopic (exact) mass is 204 g/mol. The number of ketones is 1. The molecule has 0 N–H and O–H groups in total. The van der Waals surface area contributed by atoms with Crippen molar-refractivity contribution < 1.29 is 13.2 Å². The third-order valence-electron chi connectivity index (χ3n) is 2.35. The fourth-order valence-corrected chi connectivity index (χ4v) is 2.09. The maximum atomic E-state index is 11.2. The molecule has 76 valence electrons. The average molecular weight is 204 g/mol. The predicted molar refractivity (Wildman–Crippen MR) is 51.3 cm³/mol. The van der Waals surface area contributed by atoms with Gasteiger partial charge < -0.3 is 0 Å². The van der Waals surface area contributed by atoms with E-state index in [0.717, 1.165) is 12.8 Å². The van der Waals surface area contributed by atoms with Gasteiger partial charge in [-0.1, -0.05) is 6.92 Å². The Bertz CT molecular complexity index is 275. The van der Waals surface area contributed by atoms with E-state index in [1.807, 2.05) is 0 Å². The number of carbonyl (C=O) groups excluding carboxylic acids is 1. The molecule has 1 aliphatic carbocycles. The van der Waals surface area contributed by atoms with Gasteiger partial charge in [0.05, 0.1) is 5.75 Å². The quantitative estimate of drug-likeness (QED) is 0.653. The van der Waals surface area contributed by atoms with E-state index in [2.05, 4.69) is 0 Å². The molecule has 0 amide bonds. The van der Waals surface area contributed by atoms with Crippen molar-refractivity contribution in [3.05, 3.63) is 0 Å². The van der Waals surface area contributed by atoms with E-state index in [4.69, 9.17) is 0 Å². The van der Waals surface area contributed by atoms with Gasteiger partial charge in [-0.25, -0.2) is 8.42 Å². The zero-order chi connectivity index (χ0) is 9.90. The molecule has 0 aromatic rings. The molecule has 0 aliphatic heterocycles. The minimum absolute atomic E-state index is 0.169. The van der Waals surface area contributed by atoms with Gasteiger partial charge in [0.15, 0.2) is 0 Å². The summed E-state index contributed by atoms with van der Waals surface area (Å²) in [5, 5.41) is 0. The molecule has 0 aromatic heterocycles. The van der Waals surface area contributed by atoms with E-state index in [9.17, 15) is 13.2 Å². The number of hydrogen-bond donors (Lipinski definition) is 0. The molecule has 0 spiro atoms. The SMILES string of the molecule is CCS(=O)(=O)CCCC(=O)C1CC1. The van der Waals surface area contributed by atoms with Crippen molar-refractivity contribution in [2.75, 3.05) is 11.5 Å². The first kappa shape index (κ1) is 10.7. The van der Waals surface area contributed by atoms with Crippen LogP contribution >= 0.6 is 0 Å². The van der Waals surface area contributed by atoms with Crippen molar-refractivity contribution in [2.24, 2.45) is 5.92 Å². The first-order valence-electron chi connectivity index (χ1n) is 4.78. The summed E-state index contributed by atoms with van der Waals surface area (Å²) in [7, 11) is -2.87. The smallest absolute Gasteiger partial charge is 0.150 e. The highest BCUT2D eigenvalue weighted by Crippen LogP contribution is 2.31. The van der Waals surface area contributed by atoms with E-state index in [1.54, 1.807) is 6.92 Å². The number of Topliss-reactive ketones (excluding diaryl/α,β-unsaturated/α-hetero) is 1. The molecule has 1 rings (SSSR count). The van der Waals surface area contributed by atoms with Gasteiger partial charge >= 0.3 is 0 Å². The van der Waals surface area contributed by atoms with Crippen LogP contribution in [0.2, 0.25) is 0 Å².